The number of alkyl halides is 3. The van der Waals surface area contributed by atoms with Crippen molar-refractivity contribution in [1.82, 2.24) is 10.9 Å². The Bertz CT molecular complexity index is 944. The third kappa shape index (κ3) is 10.2. The second-order valence-electron chi connectivity index (χ2n) is 6.29. The standard InChI is InChI=1S/C19H18BrF3N4O3S2/c20-11-1-3-13(4-2-11)25-18(32)27-26-16(29)9-14(28)10-17(31)24-12-5-7-15(8-6-12)30-19(21,22)23/h1-8,17,24,31H,9-10H2,(H,26,29)(H2,25,27,32). The van der Waals surface area contributed by atoms with Crippen LogP contribution in [0.1, 0.15) is 12.8 Å². The molecule has 2 aromatic rings. The third-order valence-corrected chi connectivity index (χ3v) is 4.66. The topological polar surface area (TPSA) is 91.5 Å². The molecule has 0 saturated heterocycles. The summed E-state index contributed by atoms with van der Waals surface area (Å²) in [7, 11) is 0. The maximum atomic E-state index is 12.2. The van der Waals surface area contributed by atoms with Gasteiger partial charge in [0.2, 0.25) is 5.91 Å². The number of hydrogen-bond acceptors (Lipinski definition) is 6. The van der Waals surface area contributed by atoms with E-state index in [2.05, 4.69) is 54.8 Å². The molecule has 2 aromatic carbocycles. The summed E-state index contributed by atoms with van der Waals surface area (Å²) in [6.45, 7) is 0. The molecular weight excluding hydrogens is 533 g/mol. The van der Waals surface area contributed by atoms with Gasteiger partial charge in [-0.15, -0.1) is 13.2 Å². The minimum absolute atomic E-state index is 0.0983. The van der Waals surface area contributed by atoms with Crippen LogP contribution in [0.2, 0.25) is 0 Å². The van der Waals surface area contributed by atoms with Gasteiger partial charge in [0.05, 0.1) is 11.8 Å². The molecule has 7 nitrogen and oxygen atoms in total. The highest BCUT2D eigenvalue weighted by molar-refractivity contribution is 9.10. The van der Waals surface area contributed by atoms with Crippen LogP contribution in [0, 0.1) is 0 Å². The maximum Gasteiger partial charge on any atom is 0.573 e. The summed E-state index contributed by atoms with van der Waals surface area (Å²) in [6.07, 6.45) is -5.29. The number of ketones is 1. The van der Waals surface area contributed by atoms with Crippen molar-refractivity contribution in [2.24, 2.45) is 0 Å². The first-order valence-corrected chi connectivity index (χ1v) is 10.7. The lowest BCUT2D eigenvalue weighted by atomic mass is 10.2. The number of carbonyl (C=O) groups excluding carboxylic acids is 2. The van der Waals surface area contributed by atoms with Gasteiger partial charge in [0, 0.05) is 22.3 Å². The lowest BCUT2D eigenvalue weighted by Crippen LogP contribution is -2.44. The molecule has 0 radical (unpaired) electrons. The van der Waals surface area contributed by atoms with E-state index in [1.165, 1.54) is 12.1 Å². The van der Waals surface area contributed by atoms with Crippen molar-refractivity contribution in [3.63, 3.8) is 0 Å². The van der Waals surface area contributed by atoms with Crippen LogP contribution >= 0.6 is 40.8 Å². The summed E-state index contributed by atoms with van der Waals surface area (Å²) in [4.78, 5) is 24.0. The summed E-state index contributed by atoms with van der Waals surface area (Å²) in [5.74, 6) is -1.36. The molecule has 0 aliphatic rings. The lowest BCUT2D eigenvalue weighted by molar-refractivity contribution is -0.274. The SMILES string of the molecule is O=C(CC(=O)NNC(=S)Nc1ccc(Br)cc1)CC(S)Nc1ccc(OC(F)(F)F)cc1. The predicted molar refractivity (Wildman–Crippen MR) is 125 cm³/mol. The highest BCUT2D eigenvalue weighted by Gasteiger charge is 2.31. The van der Waals surface area contributed by atoms with Crippen molar-refractivity contribution in [3.8, 4) is 5.75 Å². The second kappa shape index (κ2) is 11.9. The van der Waals surface area contributed by atoms with Gasteiger partial charge in [0.25, 0.3) is 0 Å². The van der Waals surface area contributed by atoms with E-state index in [0.29, 0.717) is 11.4 Å². The number of thiocarbonyl (C=S) groups is 1. The van der Waals surface area contributed by atoms with Gasteiger partial charge in [-0.2, -0.15) is 12.6 Å². The molecule has 0 spiro atoms. The molecule has 0 aromatic heterocycles. The number of anilines is 2. The Kier molecular flexibility index (Phi) is 9.60. The number of thiol groups is 1. The highest BCUT2D eigenvalue weighted by Crippen LogP contribution is 2.24. The minimum Gasteiger partial charge on any atom is -0.406 e. The van der Waals surface area contributed by atoms with Crippen LogP contribution in [-0.4, -0.2) is 28.5 Å². The molecule has 13 heteroatoms. The zero-order chi connectivity index (χ0) is 23.7. The van der Waals surface area contributed by atoms with Crippen LogP contribution in [0.15, 0.2) is 53.0 Å². The average Bonchev–Trinajstić information content (AvgIpc) is 2.68. The first kappa shape index (κ1) is 25.7. The Hall–Kier alpha value is -2.51. The van der Waals surface area contributed by atoms with E-state index in [1.807, 2.05) is 12.1 Å². The summed E-state index contributed by atoms with van der Waals surface area (Å²) in [6, 6.07) is 12.1. The fourth-order valence-corrected chi connectivity index (χ4v) is 3.12. The molecule has 1 atom stereocenters. The van der Waals surface area contributed by atoms with Crippen molar-refractivity contribution in [2.75, 3.05) is 10.6 Å². The molecule has 4 N–H and O–H groups in total. The molecule has 0 bridgehead atoms. The van der Waals surface area contributed by atoms with Crippen LogP contribution in [0.4, 0.5) is 24.5 Å². The van der Waals surface area contributed by atoms with Gasteiger partial charge >= 0.3 is 6.36 Å². The Morgan fingerprint density at radius 3 is 2.22 bits per heavy atom. The van der Waals surface area contributed by atoms with Gasteiger partial charge < -0.3 is 15.4 Å². The molecular formula is C19H18BrF3N4O3S2. The summed E-state index contributed by atoms with van der Waals surface area (Å²) < 4.78 is 41.2. The number of Topliss-reactive ketones (excluding diaryl/α,β-unsaturated/α-hetero) is 1. The minimum atomic E-state index is -4.78. The maximum absolute atomic E-state index is 12.2. The Labute approximate surface area is 201 Å². The Balaban J connectivity index is 1.70. The highest BCUT2D eigenvalue weighted by atomic mass is 79.9. The summed E-state index contributed by atoms with van der Waals surface area (Å²) in [5, 5.41) is 5.19. The van der Waals surface area contributed by atoms with Crippen LogP contribution in [0.25, 0.3) is 0 Å². The second-order valence-corrected chi connectivity index (χ2v) is 8.23. The van der Waals surface area contributed by atoms with Crippen molar-refractivity contribution in [1.29, 1.82) is 0 Å². The van der Waals surface area contributed by atoms with Gasteiger partial charge in [-0.25, -0.2) is 0 Å². The van der Waals surface area contributed by atoms with Crippen LogP contribution in [0.5, 0.6) is 5.75 Å². The third-order valence-electron chi connectivity index (χ3n) is 3.62. The smallest absolute Gasteiger partial charge is 0.406 e. The number of ether oxygens (including phenoxy) is 1. The molecule has 172 valence electrons. The number of nitrogens with one attached hydrogen (secondary N) is 4. The quantitative estimate of drug-likeness (QED) is 0.109. The number of hydrogen-bond donors (Lipinski definition) is 5. The number of amides is 1. The molecule has 1 unspecified atom stereocenters. The molecule has 0 fully saturated rings. The van der Waals surface area contributed by atoms with Gasteiger partial charge in [0.15, 0.2) is 5.11 Å². The molecule has 1 amide bonds. The number of rotatable bonds is 8. The number of carbonyl (C=O) groups is 2. The van der Waals surface area contributed by atoms with E-state index >= 15 is 0 Å². The van der Waals surface area contributed by atoms with Crippen LogP contribution in [0.3, 0.4) is 0 Å². The number of halogens is 4. The van der Waals surface area contributed by atoms with Gasteiger partial charge in [-0.3, -0.25) is 20.4 Å². The van der Waals surface area contributed by atoms with Crippen LogP contribution in [-0.2, 0) is 9.59 Å². The summed E-state index contributed by atoms with van der Waals surface area (Å²) >= 11 is 12.6. The van der Waals surface area contributed by atoms with E-state index in [4.69, 9.17) is 12.2 Å². The van der Waals surface area contributed by atoms with E-state index in [0.717, 1.165) is 16.6 Å². The molecule has 0 aliphatic carbocycles. The largest absolute Gasteiger partial charge is 0.573 e. The zero-order valence-corrected chi connectivity index (χ0v) is 19.5. The van der Waals surface area contributed by atoms with E-state index < -0.39 is 29.8 Å². The molecule has 2 rings (SSSR count). The van der Waals surface area contributed by atoms with Crippen molar-refractivity contribution in [3.05, 3.63) is 53.0 Å². The van der Waals surface area contributed by atoms with Crippen LogP contribution < -0.4 is 26.2 Å². The Morgan fingerprint density at radius 2 is 1.62 bits per heavy atom. The molecule has 0 aliphatic heterocycles. The normalized spacial score (nSPS) is 11.8. The lowest BCUT2D eigenvalue weighted by Gasteiger charge is -2.15. The van der Waals surface area contributed by atoms with Crippen molar-refractivity contribution in [2.45, 2.75) is 24.6 Å². The number of benzene rings is 2. The van der Waals surface area contributed by atoms with E-state index in [-0.39, 0.29) is 17.3 Å². The Morgan fingerprint density at radius 1 is 1.03 bits per heavy atom. The first-order chi connectivity index (χ1) is 15.0. The zero-order valence-electron chi connectivity index (χ0n) is 16.2. The van der Waals surface area contributed by atoms with E-state index in [9.17, 15) is 22.8 Å². The average molecular weight is 551 g/mol. The fourth-order valence-electron chi connectivity index (χ4n) is 2.33. The van der Waals surface area contributed by atoms with Gasteiger partial charge in [-0.05, 0) is 60.7 Å². The molecule has 0 heterocycles. The van der Waals surface area contributed by atoms with Crippen molar-refractivity contribution >= 4 is 69.0 Å². The monoisotopic (exact) mass is 550 g/mol. The van der Waals surface area contributed by atoms with Crippen molar-refractivity contribution < 1.29 is 27.5 Å². The number of hydrazine groups is 1. The fraction of sp³-hybridized carbons (Fsp3) is 0.211. The molecule has 32 heavy (non-hydrogen) atoms. The first-order valence-electron chi connectivity index (χ1n) is 8.94. The van der Waals surface area contributed by atoms with Gasteiger partial charge in [-0.1, -0.05) is 15.9 Å². The predicted octanol–water partition coefficient (Wildman–Crippen LogP) is 4.38. The van der Waals surface area contributed by atoms with Gasteiger partial charge in [0.1, 0.15) is 11.5 Å². The van der Waals surface area contributed by atoms with E-state index in [1.54, 1.807) is 12.1 Å². The summed E-state index contributed by atoms with van der Waals surface area (Å²) in [5.41, 5.74) is 5.95. The molecule has 0 saturated carbocycles.